The molecule has 136 valence electrons. The Hall–Kier alpha value is -0.920. The van der Waals surface area contributed by atoms with Gasteiger partial charge in [-0.05, 0) is 30.8 Å². The van der Waals surface area contributed by atoms with Gasteiger partial charge in [0, 0.05) is 0 Å². The van der Waals surface area contributed by atoms with Crippen molar-refractivity contribution in [1.82, 2.24) is 0 Å². The SMILES string of the molecule is C=CC1(C2(CCCCCCCC)CCCCC2)C=CC=CC1(F)F. The molecule has 1 saturated carbocycles. The van der Waals surface area contributed by atoms with E-state index in [0.717, 1.165) is 44.6 Å². The average molecular weight is 337 g/mol. The lowest BCUT2D eigenvalue weighted by Gasteiger charge is -2.53. The second-order valence-electron chi connectivity index (χ2n) is 7.77. The topological polar surface area (TPSA) is 0 Å². The Bertz CT molecular complexity index is 455. The minimum Gasteiger partial charge on any atom is -0.201 e. The summed E-state index contributed by atoms with van der Waals surface area (Å²) in [5, 5.41) is 0. The molecule has 0 spiro atoms. The molecule has 2 heteroatoms. The van der Waals surface area contributed by atoms with Gasteiger partial charge in [-0.2, -0.15) is 0 Å². The molecule has 0 saturated heterocycles. The molecular formula is C22H34F2. The summed E-state index contributed by atoms with van der Waals surface area (Å²) < 4.78 is 30.0. The molecule has 1 unspecified atom stereocenters. The quantitative estimate of drug-likeness (QED) is 0.300. The van der Waals surface area contributed by atoms with Gasteiger partial charge >= 0.3 is 0 Å². The van der Waals surface area contributed by atoms with Gasteiger partial charge in [0.2, 0.25) is 0 Å². The molecular weight excluding hydrogens is 302 g/mol. The van der Waals surface area contributed by atoms with Crippen molar-refractivity contribution in [3.05, 3.63) is 37.0 Å². The van der Waals surface area contributed by atoms with E-state index in [9.17, 15) is 0 Å². The first-order chi connectivity index (χ1) is 11.5. The summed E-state index contributed by atoms with van der Waals surface area (Å²) in [5.41, 5.74) is -1.54. The third-order valence-corrected chi connectivity index (χ3v) is 6.35. The van der Waals surface area contributed by atoms with Gasteiger partial charge in [0.05, 0.1) is 5.41 Å². The molecule has 0 aliphatic heterocycles. The van der Waals surface area contributed by atoms with Crippen LogP contribution >= 0.6 is 0 Å². The van der Waals surface area contributed by atoms with E-state index in [0.29, 0.717) is 0 Å². The summed E-state index contributed by atoms with van der Waals surface area (Å²) in [4.78, 5) is 0. The molecule has 0 bridgehead atoms. The average Bonchev–Trinajstić information content (AvgIpc) is 2.58. The third-order valence-electron chi connectivity index (χ3n) is 6.35. The van der Waals surface area contributed by atoms with Crippen molar-refractivity contribution in [2.75, 3.05) is 0 Å². The smallest absolute Gasteiger partial charge is 0.201 e. The normalized spacial score (nSPS) is 28.0. The van der Waals surface area contributed by atoms with Crippen LogP contribution in [0.25, 0.3) is 0 Å². The molecule has 0 nitrogen and oxygen atoms in total. The van der Waals surface area contributed by atoms with Gasteiger partial charge in [-0.3, -0.25) is 0 Å². The van der Waals surface area contributed by atoms with Crippen molar-refractivity contribution in [3.63, 3.8) is 0 Å². The zero-order valence-electron chi connectivity index (χ0n) is 15.3. The van der Waals surface area contributed by atoms with Gasteiger partial charge in [0.15, 0.2) is 0 Å². The maximum absolute atomic E-state index is 15.0. The Morgan fingerprint density at radius 3 is 2.17 bits per heavy atom. The van der Waals surface area contributed by atoms with E-state index in [-0.39, 0.29) is 5.41 Å². The van der Waals surface area contributed by atoms with Gasteiger partial charge < -0.3 is 0 Å². The Kier molecular flexibility index (Phi) is 6.83. The monoisotopic (exact) mass is 336 g/mol. The molecule has 0 aromatic heterocycles. The van der Waals surface area contributed by atoms with Crippen LogP contribution < -0.4 is 0 Å². The number of halogens is 2. The van der Waals surface area contributed by atoms with Gasteiger partial charge in [0.1, 0.15) is 0 Å². The van der Waals surface area contributed by atoms with Crippen molar-refractivity contribution in [2.24, 2.45) is 10.8 Å². The number of rotatable bonds is 9. The number of hydrogen-bond acceptors (Lipinski definition) is 0. The maximum atomic E-state index is 15.0. The van der Waals surface area contributed by atoms with Crippen molar-refractivity contribution in [2.45, 2.75) is 89.9 Å². The highest BCUT2D eigenvalue weighted by Crippen LogP contribution is 2.62. The van der Waals surface area contributed by atoms with E-state index in [1.165, 1.54) is 44.6 Å². The summed E-state index contributed by atoms with van der Waals surface area (Å²) in [7, 11) is 0. The highest BCUT2D eigenvalue weighted by atomic mass is 19.3. The van der Waals surface area contributed by atoms with E-state index in [1.807, 2.05) is 0 Å². The number of hydrogen-bond donors (Lipinski definition) is 0. The molecule has 1 fully saturated rings. The lowest BCUT2D eigenvalue weighted by Crippen LogP contribution is -2.52. The van der Waals surface area contributed by atoms with Gasteiger partial charge in [-0.25, -0.2) is 8.78 Å². The fourth-order valence-corrected chi connectivity index (χ4v) is 4.93. The number of allylic oxidation sites excluding steroid dienone is 5. The van der Waals surface area contributed by atoms with E-state index in [2.05, 4.69) is 13.5 Å². The van der Waals surface area contributed by atoms with E-state index >= 15 is 8.78 Å². The molecule has 0 amide bonds. The van der Waals surface area contributed by atoms with Crippen molar-refractivity contribution < 1.29 is 8.78 Å². The fourth-order valence-electron chi connectivity index (χ4n) is 4.93. The standard InChI is InChI=1S/C22H34F2/c1-3-5-6-7-8-10-15-20(16-11-9-12-17-20)21(4-2)18-13-14-19-22(21,23)24/h4,13-14,18-19H,2-3,5-12,15-17H2,1H3. The van der Waals surface area contributed by atoms with Crippen molar-refractivity contribution in [3.8, 4) is 0 Å². The van der Waals surface area contributed by atoms with Crippen LogP contribution in [-0.2, 0) is 0 Å². The summed E-state index contributed by atoms with van der Waals surface area (Å²) in [6, 6.07) is 0. The highest BCUT2D eigenvalue weighted by molar-refractivity contribution is 5.33. The summed E-state index contributed by atoms with van der Waals surface area (Å²) in [6.45, 7) is 6.09. The zero-order valence-corrected chi connectivity index (χ0v) is 15.3. The fraction of sp³-hybridized carbons (Fsp3) is 0.727. The van der Waals surface area contributed by atoms with Gasteiger partial charge in [0.25, 0.3) is 5.92 Å². The Balaban J connectivity index is 2.15. The molecule has 0 heterocycles. The molecule has 2 aliphatic rings. The largest absolute Gasteiger partial charge is 0.279 e. The first kappa shape index (κ1) is 19.4. The summed E-state index contributed by atoms with van der Waals surface area (Å²) in [6.07, 6.45) is 21.0. The van der Waals surface area contributed by atoms with E-state index in [4.69, 9.17) is 0 Å². The van der Waals surface area contributed by atoms with Crippen molar-refractivity contribution in [1.29, 1.82) is 0 Å². The lowest BCUT2D eigenvalue weighted by molar-refractivity contribution is -0.115. The van der Waals surface area contributed by atoms with E-state index in [1.54, 1.807) is 18.2 Å². The van der Waals surface area contributed by atoms with Crippen LogP contribution in [0.5, 0.6) is 0 Å². The Morgan fingerprint density at radius 1 is 0.917 bits per heavy atom. The predicted octanol–water partition coefficient (Wildman–Crippen LogP) is 7.62. The van der Waals surface area contributed by atoms with Crippen LogP contribution in [0.15, 0.2) is 37.0 Å². The van der Waals surface area contributed by atoms with Crippen molar-refractivity contribution >= 4 is 0 Å². The van der Waals surface area contributed by atoms with Crippen LogP contribution in [0, 0.1) is 10.8 Å². The first-order valence-corrected chi connectivity index (χ1v) is 9.92. The van der Waals surface area contributed by atoms with Gasteiger partial charge in [-0.15, -0.1) is 6.58 Å². The Morgan fingerprint density at radius 2 is 1.54 bits per heavy atom. The number of alkyl halides is 2. The highest BCUT2D eigenvalue weighted by Gasteiger charge is 2.60. The minimum absolute atomic E-state index is 0.331. The Labute approximate surface area is 147 Å². The molecule has 0 N–H and O–H groups in total. The molecule has 0 aromatic carbocycles. The molecule has 24 heavy (non-hydrogen) atoms. The van der Waals surface area contributed by atoms with Crippen LogP contribution in [0.2, 0.25) is 0 Å². The number of unbranched alkanes of at least 4 members (excludes halogenated alkanes) is 5. The molecule has 0 radical (unpaired) electrons. The van der Waals surface area contributed by atoms with E-state index < -0.39 is 11.3 Å². The zero-order chi connectivity index (χ0) is 17.5. The third kappa shape index (κ3) is 3.68. The predicted molar refractivity (Wildman–Crippen MR) is 99.4 cm³/mol. The first-order valence-electron chi connectivity index (χ1n) is 9.92. The molecule has 2 rings (SSSR count). The van der Waals surface area contributed by atoms with Crippen LogP contribution in [-0.4, -0.2) is 5.92 Å². The van der Waals surface area contributed by atoms with Crippen LogP contribution in [0.3, 0.4) is 0 Å². The summed E-state index contributed by atoms with van der Waals surface area (Å²) in [5.74, 6) is -2.83. The lowest BCUT2D eigenvalue weighted by atomic mass is 9.52. The minimum atomic E-state index is -2.83. The molecule has 1 atom stereocenters. The maximum Gasteiger partial charge on any atom is 0.279 e. The molecule has 0 aromatic rings. The van der Waals surface area contributed by atoms with Crippen LogP contribution in [0.1, 0.15) is 84.0 Å². The molecule has 2 aliphatic carbocycles. The second kappa shape index (κ2) is 8.45. The second-order valence-corrected chi connectivity index (χ2v) is 7.77. The summed E-state index contributed by atoms with van der Waals surface area (Å²) >= 11 is 0. The van der Waals surface area contributed by atoms with Gasteiger partial charge in [-0.1, -0.05) is 89.0 Å². The van der Waals surface area contributed by atoms with Crippen LogP contribution in [0.4, 0.5) is 8.78 Å².